The maximum absolute atomic E-state index is 7.00. The van der Waals surface area contributed by atoms with E-state index >= 15 is 0 Å². The summed E-state index contributed by atoms with van der Waals surface area (Å²) in [4.78, 5) is 22.9. The number of nitrogens with one attached hydrogen (secondary N) is 3. The number of fused-ring (bicyclic) bond motifs is 1. The highest BCUT2D eigenvalue weighted by Crippen LogP contribution is 2.28. The molecule has 0 atom stereocenters. The molecular formula is C21H21N5O2S. The molecule has 0 saturated heterocycles. The van der Waals surface area contributed by atoms with Gasteiger partial charge in [-0.15, -0.1) is 0 Å². The molecule has 1 aliphatic rings. The summed E-state index contributed by atoms with van der Waals surface area (Å²) in [6, 6.07) is 16.3. The van der Waals surface area contributed by atoms with Gasteiger partial charge in [-0.3, -0.25) is 0 Å². The number of allylic oxidation sites excluding steroid dienone is 1. The molecular weight excluding hydrogens is 386 g/mol. The molecule has 29 heavy (non-hydrogen) atoms. The first kappa shape index (κ1) is 20.3. The van der Waals surface area contributed by atoms with Gasteiger partial charge in [-0.05, 0) is 60.9 Å². The molecule has 2 aromatic carbocycles. The molecule has 148 valence electrons. The van der Waals surface area contributed by atoms with Crippen molar-refractivity contribution in [1.29, 1.82) is 0 Å². The van der Waals surface area contributed by atoms with Crippen molar-refractivity contribution in [3.8, 4) is 0 Å². The van der Waals surface area contributed by atoms with Gasteiger partial charge in [0.25, 0.3) is 0 Å². The van der Waals surface area contributed by atoms with Gasteiger partial charge in [0.1, 0.15) is 5.82 Å². The van der Waals surface area contributed by atoms with E-state index in [2.05, 4.69) is 56.5 Å². The molecule has 0 amide bonds. The summed E-state index contributed by atoms with van der Waals surface area (Å²) in [6.45, 7) is 2.17. The minimum atomic E-state index is 0.554. The molecule has 0 saturated carbocycles. The lowest BCUT2D eigenvalue weighted by molar-refractivity contribution is 1.16. The highest BCUT2D eigenvalue weighted by molar-refractivity contribution is 7.99. The first-order valence-corrected chi connectivity index (χ1v) is 10.1. The van der Waals surface area contributed by atoms with Crippen molar-refractivity contribution < 1.29 is 0 Å². The Morgan fingerprint density at radius 3 is 2.59 bits per heavy atom. The Balaban J connectivity index is 0.00000117. The molecule has 3 aromatic rings. The second-order valence-electron chi connectivity index (χ2n) is 6.48. The molecule has 0 unspecified atom stereocenters. The average molecular weight is 407 g/mol. The largest absolute Gasteiger partial charge is 0.340 e. The molecule has 1 heterocycles. The highest BCUT2D eigenvalue weighted by atomic mass is 32.2. The van der Waals surface area contributed by atoms with Crippen molar-refractivity contribution in [1.82, 2.24) is 9.97 Å². The first-order chi connectivity index (χ1) is 14.2. The molecule has 0 spiro atoms. The summed E-state index contributed by atoms with van der Waals surface area (Å²) in [6.07, 6.45) is 7.03. The second-order valence-corrected chi connectivity index (χ2v) is 7.10. The Labute approximate surface area is 173 Å². The van der Waals surface area contributed by atoms with Crippen molar-refractivity contribution in [3.05, 3.63) is 81.4 Å². The first-order valence-electron chi connectivity index (χ1n) is 8.92. The summed E-state index contributed by atoms with van der Waals surface area (Å²) >= 11 is 1.56. The van der Waals surface area contributed by atoms with Crippen molar-refractivity contribution in [3.63, 3.8) is 0 Å². The molecule has 1 aromatic heterocycles. The highest BCUT2D eigenvalue weighted by Gasteiger charge is 2.10. The van der Waals surface area contributed by atoms with Crippen LogP contribution in [0, 0.1) is 9.93 Å². The van der Waals surface area contributed by atoms with E-state index in [0.717, 1.165) is 29.3 Å². The third-order valence-electron chi connectivity index (χ3n) is 4.28. The minimum absolute atomic E-state index is 0.554. The Bertz CT molecular complexity index is 1030. The van der Waals surface area contributed by atoms with E-state index in [0.29, 0.717) is 5.95 Å². The van der Waals surface area contributed by atoms with Gasteiger partial charge in [-0.1, -0.05) is 35.7 Å². The molecule has 0 radical (unpaired) electrons. The number of nitrogens with zero attached hydrogens (tertiary/aromatic N) is 2. The van der Waals surface area contributed by atoms with Gasteiger partial charge in [0.05, 0.1) is 0 Å². The standard InChI is InChI=1S/C21H21N5S.O2/c1-14-10-15-6-7-18(12-16(15)11-14)23-20-8-9-22-21(25-20)24-17-4-3-5-19(13-17)26-27-2;1-2/h3-9,11-13,26H,10H2,1-2H3,(H2,22,23,24,25);. The fourth-order valence-electron chi connectivity index (χ4n) is 3.13. The van der Waals surface area contributed by atoms with Gasteiger partial charge in [-0.25, -0.2) is 4.98 Å². The number of hydrogen-bond acceptors (Lipinski definition) is 8. The smallest absolute Gasteiger partial charge is 0.229 e. The maximum atomic E-state index is 7.00. The van der Waals surface area contributed by atoms with Crippen LogP contribution in [0.2, 0.25) is 0 Å². The van der Waals surface area contributed by atoms with Gasteiger partial charge in [-0.2, -0.15) is 4.98 Å². The Hall–Kier alpha value is -3.39. The number of aromatic nitrogens is 2. The number of rotatable bonds is 6. The van der Waals surface area contributed by atoms with E-state index in [1.165, 1.54) is 16.7 Å². The molecule has 0 bridgehead atoms. The second kappa shape index (κ2) is 9.70. The van der Waals surface area contributed by atoms with E-state index in [-0.39, 0.29) is 0 Å². The molecule has 8 heteroatoms. The van der Waals surface area contributed by atoms with E-state index in [1.807, 2.05) is 36.6 Å². The third kappa shape index (κ3) is 5.32. The van der Waals surface area contributed by atoms with Crippen LogP contribution in [-0.2, 0) is 6.42 Å². The lowest BCUT2D eigenvalue weighted by atomic mass is 10.1. The van der Waals surface area contributed by atoms with Crippen LogP contribution in [0.1, 0.15) is 18.1 Å². The number of anilines is 5. The topological polar surface area (TPSA) is 96.0 Å². The van der Waals surface area contributed by atoms with E-state index in [9.17, 15) is 0 Å². The zero-order chi connectivity index (χ0) is 20.6. The van der Waals surface area contributed by atoms with E-state index < -0.39 is 0 Å². The maximum Gasteiger partial charge on any atom is 0.229 e. The summed E-state index contributed by atoms with van der Waals surface area (Å²) < 4.78 is 3.22. The summed E-state index contributed by atoms with van der Waals surface area (Å²) in [7, 11) is 0. The van der Waals surface area contributed by atoms with Crippen LogP contribution >= 0.6 is 11.9 Å². The Kier molecular flexibility index (Phi) is 6.80. The van der Waals surface area contributed by atoms with Crippen LogP contribution in [0.25, 0.3) is 6.08 Å². The molecule has 7 nitrogen and oxygen atoms in total. The molecule has 4 rings (SSSR count). The Morgan fingerprint density at radius 2 is 1.76 bits per heavy atom. The van der Waals surface area contributed by atoms with Crippen LogP contribution < -0.4 is 15.4 Å². The van der Waals surface area contributed by atoms with E-state index in [1.54, 1.807) is 18.1 Å². The lowest BCUT2D eigenvalue weighted by Gasteiger charge is -2.10. The van der Waals surface area contributed by atoms with Gasteiger partial charge in [0.2, 0.25) is 5.95 Å². The lowest BCUT2D eigenvalue weighted by Crippen LogP contribution is -2.01. The van der Waals surface area contributed by atoms with Crippen molar-refractivity contribution in [2.45, 2.75) is 13.3 Å². The quantitative estimate of drug-likeness (QED) is 0.449. The van der Waals surface area contributed by atoms with Gasteiger partial charge in [0.15, 0.2) is 0 Å². The third-order valence-corrected chi connectivity index (χ3v) is 4.72. The molecule has 3 N–H and O–H groups in total. The number of benzene rings is 2. The molecule has 1 aliphatic carbocycles. The monoisotopic (exact) mass is 407 g/mol. The zero-order valence-corrected chi connectivity index (χ0v) is 16.9. The van der Waals surface area contributed by atoms with Gasteiger partial charge < -0.3 is 15.4 Å². The minimum Gasteiger partial charge on any atom is -0.340 e. The number of hydrogen-bond donors (Lipinski definition) is 3. The summed E-state index contributed by atoms with van der Waals surface area (Å²) in [5.41, 5.74) is 7.04. The molecule has 0 fully saturated rings. The van der Waals surface area contributed by atoms with Crippen LogP contribution in [0.4, 0.5) is 28.8 Å². The van der Waals surface area contributed by atoms with Crippen LogP contribution in [0.3, 0.4) is 0 Å². The van der Waals surface area contributed by atoms with Gasteiger partial charge in [0, 0.05) is 39.4 Å². The van der Waals surface area contributed by atoms with Crippen molar-refractivity contribution >= 4 is 46.9 Å². The predicted octanol–water partition coefficient (Wildman–Crippen LogP) is 5.68. The van der Waals surface area contributed by atoms with Crippen molar-refractivity contribution in [2.24, 2.45) is 0 Å². The average Bonchev–Trinajstić information content (AvgIpc) is 3.10. The fourth-order valence-corrected chi connectivity index (χ4v) is 3.49. The SMILES string of the molecule is CSNc1cccc(Nc2nccc(Nc3ccc4c(c3)C=C(C)C4)n2)c1.O=O. The predicted molar refractivity (Wildman–Crippen MR) is 123 cm³/mol. The van der Waals surface area contributed by atoms with Crippen LogP contribution in [-0.4, -0.2) is 16.2 Å². The normalized spacial score (nSPS) is 11.6. The zero-order valence-electron chi connectivity index (χ0n) is 16.1. The van der Waals surface area contributed by atoms with Crippen molar-refractivity contribution in [2.75, 3.05) is 21.6 Å². The fraction of sp³-hybridized carbons (Fsp3) is 0.143. The van der Waals surface area contributed by atoms with Gasteiger partial charge >= 0.3 is 0 Å². The molecule has 0 aliphatic heterocycles. The van der Waals surface area contributed by atoms with Crippen LogP contribution in [0.15, 0.2) is 60.3 Å². The van der Waals surface area contributed by atoms with Crippen LogP contribution in [0.5, 0.6) is 0 Å². The summed E-state index contributed by atoms with van der Waals surface area (Å²) in [5, 5.41) is 6.63. The van der Waals surface area contributed by atoms with E-state index in [4.69, 9.17) is 9.93 Å². The Morgan fingerprint density at radius 1 is 0.966 bits per heavy atom. The summed E-state index contributed by atoms with van der Waals surface area (Å²) in [5.74, 6) is 1.31.